The second kappa shape index (κ2) is 4.37. The van der Waals surface area contributed by atoms with Crippen molar-refractivity contribution in [1.29, 1.82) is 0 Å². The van der Waals surface area contributed by atoms with Crippen molar-refractivity contribution >= 4 is 16.3 Å². The van der Waals surface area contributed by atoms with Gasteiger partial charge in [0, 0.05) is 0 Å². The zero-order valence-electron chi connectivity index (χ0n) is 7.46. The van der Waals surface area contributed by atoms with Gasteiger partial charge < -0.3 is 0 Å². The molecule has 1 rings (SSSR count). The third-order valence-electron chi connectivity index (χ3n) is 1.83. The molecular weight excluding hydrogens is 246 g/mol. The van der Waals surface area contributed by atoms with E-state index in [0.29, 0.717) is 0 Å². The Labute approximate surface area is 86.6 Å². The average Bonchev–Trinajstić information content (AvgIpc) is 2.54. The fourth-order valence-electron chi connectivity index (χ4n) is 0.938. The van der Waals surface area contributed by atoms with Crippen molar-refractivity contribution in [2.75, 3.05) is 0 Å². The summed E-state index contributed by atoms with van der Waals surface area (Å²) >= 11 is 0. The van der Waals surface area contributed by atoms with E-state index < -0.39 is 27.9 Å². The summed E-state index contributed by atoms with van der Waals surface area (Å²) in [6.07, 6.45) is 3.95. The summed E-state index contributed by atoms with van der Waals surface area (Å²) in [4.78, 5) is 48.3. The van der Waals surface area contributed by atoms with Crippen LogP contribution < -0.4 is 0 Å². The van der Waals surface area contributed by atoms with Gasteiger partial charge in [0.15, 0.2) is 0 Å². The number of aliphatic hydroxyl groups is 1. The Balaban J connectivity index is 2.93. The first-order valence-electron chi connectivity index (χ1n) is 3.80. The van der Waals surface area contributed by atoms with Crippen LogP contribution in [-0.4, -0.2) is 44.2 Å². The van der Waals surface area contributed by atoms with Crippen LogP contribution in [-0.2, 0) is 6.54 Å². The zero-order chi connectivity index (χ0) is 11.7. The number of aromatic nitrogens is 2. The Hall–Kier alpha value is -0.170. The predicted octanol–water partition coefficient (Wildman–Crippen LogP) is -1.70. The Morgan fingerprint density at radius 3 is 2.27 bits per heavy atom. The van der Waals surface area contributed by atoms with E-state index in [4.69, 9.17) is 24.5 Å². The predicted molar refractivity (Wildman–Crippen MR) is 53.5 cm³/mol. The van der Waals surface area contributed by atoms with Crippen LogP contribution >= 0.6 is 16.3 Å². The number of hydrogen-bond acceptors (Lipinski definition) is 7. The summed E-state index contributed by atoms with van der Waals surface area (Å²) in [6, 6.07) is 0. The average molecular weight is 258 g/mol. The van der Waals surface area contributed by atoms with Crippen LogP contribution in [0.25, 0.3) is 0 Å². The molecule has 0 aliphatic carbocycles. The summed E-state index contributed by atoms with van der Waals surface area (Å²) in [5, 5.41) is 6.86. The maximum atomic E-state index is 9.59. The van der Waals surface area contributed by atoms with Gasteiger partial charge >= 0.3 is 85.8 Å². The molecule has 0 fully saturated rings. The van der Waals surface area contributed by atoms with E-state index in [1.807, 2.05) is 0 Å². The minimum atomic E-state index is -5.09. The first-order chi connectivity index (χ1) is 6.77. The SMILES string of the molecule is OP(O)C(O)(Cn1ccnc1)[PH](O)(O)O. The van der Waals surface area contributed by atoms with Crippen molar-refractivity contribution in [1.82, 2.24) is 9.55 Å². The van der Waals surface area contributed by atoms with E-state index in [1.165, 1.54) is 23.3 Å². The second-order valence-electron chi connectivity index (χ2n) is 2.98. The molecular formula is C5H12N2O6P2. The number of nitrogens with zero attached hydrogens (tertiary/aromatic N) is 2. The molecule has 15 heavy (non-hydrogen) atoms. The van der Waals surface area contributed by atoms with E-state index in [0.717, 1.165) is 0 Å². The molecule has 0 saturated carbocycles. The molecule has 1 atom stereocenters. The van der Waals surface area contributed by atoms with Gasteiger partial charge in [-0.05, 0) is 0 Å². The van der Waals surface area contributed by atoms with Crippen molar-refractivity contribution in [2.45, 2.75) is 11.6 Å². The summed E-state index contributed by atoms with van der Waals surface area (Å²) in [5.74, 6) is 0. The Kier molecular flexibility index (Phi) is 3.76. The van der Waals surface area contributed by atoms with Gasteiger partial charge in [0.05, 0.1) is 0 Å². The quantitative estimate of drug-likeness (QED) is 0.354. The molecule has 6 N–H and O–H groups in total. The summed E-state index contributed by atoms with van der Waals surface area (Å²) < 4.78 is 1.19. The molecule has 1 aromatic rings. The maximum absolute atomic E-state index is 9.59. The molecule has 0 aliphatic heterocycles. The van der Waals surface area contributed by atoms with Gasteiger partial charge in [-0.15, -0.1) is 0 Å². The van der Waals surface area contributed by atoms with Gasteiger partial charge in [0.25, 0.3) is 0 Å². The van der Waals surface area contributed by atoms with Crippen molar-refractivity contribution < 1.29 is 29.6 Å². The van der Waals surface area contributed by atoms with E-state index in [2.05, 4.69) is 4.98 Å². The second-order valence-corrected chi connectivity index (χ2v) is 6.81. The number of hydrogen-bond donors (Lipinski definition) is 6. The van der Waals surface area contributed by atoms with Crippen LogP contribution in [0, 0.1) is 0 Å². The topological polar surface area (TPSA) is 139 Å². The molecule has 0 bridgehead atoms. The van der Waals surface area contributed by atoms with Crippen molar-refractivity contribution in [3.63, 3.8) is 0 Å². The van der Waals surface area contributed by atoms with Crippen molar-refractivity contribution in [3.05, 3.63) is 18.7 Å². The molecule has 0 radical (unpaired) electrons. The first-order valence-corrected chi connectivity index (χ1v) is 6.89. The van der Waals surface area contributed by atoms with Crippen LogP contribution in [0.4, 0.5) is 0 Å². The molecule has 0 aliphatic rings. The molecule has 0 aromatic carbocycles. The van der Waals surface area contributed by atoms with Crippen LogP contribution in [0.5, 0.6) is 0 Å². The fourth-order valence-corrected chi connectivity index (χ4v) is 2.70. The van der Waals surface area contributed by atoms with Gasteiger partial charge in [-0.25, -0.2) is 0 Å². The van der Waals surface area contributed by atoms with Crippen LogP contribution in [0.2, 0.25) is 0 Å². The molecule has 0 saturated heterocycles. The standard InChI is InChI=1S/C5H12N2O6P2/c8-5(14(9)10,15(11,12)13)3-7-2-1-6-4-7/h1-2,4,8-13,15H,3H2. The third-order valence-corrected chi connectivity index (χ3v) is 5.37. The van der Waals surface area contributed by atoms with Gasteiger partial charge in [-0.2, -0.15) is 0 Å². The van der Waals surface area contributed by atoms with Crippen LogP contribution in [0.3, 0.4) is 0 Å². The molecule has 1 heterocycles. The van der Waals surface area contributed by atoms with Gasteiger partial charge in [-0.1, -0.05) is 0 Å². The van der Waals surface area contributed by atoms with E-state index in [-0.39, 0.29) is 0 Å². The van der Waals surface area contributed by atoms with Crippen molar-refractivity contribution in [3.8, 4) is 0 Å². The van der Waals surface area contributed by atoms with Gasteiger partial charge in [0.1, 0.15) is 0 Å². The third kappa shape index (κ3) is 2.69. The Bertz CT molecular complexity index is 312. The molecule has 10 heteroatoms. The van der Waals surface area contributed by atoms with E-state index in [9.17, 15) is 5.11 Å². The minimum absolute atomic E-state index is 0.568. The van der Waals surface area contributed by atoms with Crippen LogP contribution in [0.15, 0.2) is 18.7 Å². The molecule has 1 unspecified atom stereocenters. The molecule has 0 amide bonds. The Morgan fingerprint density at radius 2 is 1.93 bits per heavy atom. The summed E-state index contributed by atoms with van der Waals surface area (Å²) in [6.45, 7) is -0.568. The van der Waals surface area contributed by atoms with Gasteiger partial charge in [0.2, 0.25) is 0 Å². The normalized spacial score (nSPS) is 17.8. The zero-order valence-corrected chi connectivity index (χ0v) is 9.36. The summed E-state index contributed by atoms with van der Waals surface area (Å²) in [5.41, 5.74) is 0. The van der Waals surface area contributed by atoms with E-state index >= 15 is 0 Å². The Morgan fingerprint density at radius 1 is 1.33 bits per heavy atom. The molecule has 1 aromatic heterocycles. The number of imidazole rings is 1. The first kappa shape index (κ1) is 12.9. The number of rotatable bonds is 4. The molecule has 8 nitrogen and oxygen atoms in total. The summed E-state index contributed by atoms with van der Waals surface area (Å²) in [7, 11) is -8.21. The van der Waals surface area contributed by atoms with Crippen LogP contribution in [0.1, 0.15) is 0 Å². The monoisotopic (exact) mass is 258 g/mol. The fraction of sp³-hybridized carbons (Fsp3) is 0.400. The van der Waals surface area contributed by atoms with E-state index in [1.54, 1.807) is 0 Å². The molecule has 0 spiro atoms. The van der Waals surface area contributed by atoms with Gasteiger partial charge in [-0.3, -0.25) is 0 Å². The van der Waals surface area contributed by atoms with Crippen molar-refractivity contribution in [2.24, 2.45) is 0 Å². The molecule has 88 valence electrons.